The molecule has 6 N–H and O–H groups in total. The molecule has 1 heterocycles. The fraction of sp³-hybridized carbons (Fsp3) is 0.727. The molecule has 0 spiro atoms. The summed E-state index contributed by atoms with van der Waals surface area (Å²) >= 11 is 0. The number of hydrogen-bond donors (Lipinski definition) is 6. The second-order valence-corrected chi connectivity index (χ2v) is 6.01. The first-order valence-electron chi connectivity index (χ1n) is 6.43. The molecule has 1 fully saturated rings. The lowest BCUT2D eigenvalue weighted by molar-refractivity contribution is -0.319. The van der Waals surface area contributed by atoms with Crippen LogP contribution in [0.3, 0.4) is 0 Å². The smallest absolute Gasteiger partial charge is 0.469 e. The van der Waals surface area contributed by atoms with Gasteiger partial charge in [-0.05, 0) is 0 Å². The van der Waals surface area contributed by atoms with Crippen molar-refractivity contribution in [3.63, 3.8) is 0 Å². The second kappa shape index (κ2) is 7.79. The van der Waals surface area contributed by atoms with E-state index in [4.69, 9.17) is 24.4 Å². The molecule has 0 aromatic carbocycles. The minimum atomic E-state index is -5.08. The number of carboxylic acids is 1. The number of aliphatic hydroxyl groups excluding tert-OH is 3. The number of hydrogen-bond acceptors (Lipinski definition) is 8. The summed E-state index contributed by atoms with van der Waals surface area (Å²) in [5.74, 6) is -4.12. The minimum Gasteiger partial charge on any atom is -0.477 e. The maximum Gasteiger partial charge on any atom is 0.469 e. The summed E-state index contributed by atoms with van der Waals surface area (Å²) < 4.78 is 25.5. The topological polar surface area (TPSA) is 183 Å². The van der Waals surface area contributed by atoms with Crippen molar-refractivity contribution in [2.45, 2.75) is 36.6 Å². The molecular formula is C11H19O11P. The molecule has 1 aliphatic heterocycles. The van der Waals surface area contributed by atoms with Crippen molar-refractivity contribution >= 4 is 13.8 Å². The first-order chi connectivity index (χ1) is 10.6. The molecule has 12 heteroatoms. The highest BCUT2D eigenvalue weighted by molar-refractivity contribution is 7.46. The van der Waals surface area contributed by atoms with Crippen LogP contribution in [0.15, 0.2) is 12.7 Å². The van der Waals surface area contributed by atoms with Gasteiger partial charge in [0.2, 0.25) is 0 Å². The van der Waals surface area contributed by atoms with Gasteiger partial charge in [0.25, 0.3) is 5.79 Å². The Morgan fingerprint density at radius 2 is 2.13 bits per heavy atom. The number of phosphoric ester groups is 1. The summed E-state index contributed by atoms with van der Waals surface area (Å²) in [6.07, 6.45) is -6.56. The van der Waals surface area contributed by atoms with Crippen LogP contribution in [0, 0.1) is 0 Å². The van der Waals surface area contributed by atoms with Crippen LogP contribution in [0.5, 0.6) is 0 Å². The second-order valence-electron chi connectivity index (χ2n) is 4.82. The number of aliphatic hydroxyl groups is 3. The molecule has 0 radical (unpaired) electrons. The van der Waals surface area contributed by atoms with Gasteiger partial charge in [-0.25, -0.2) is 9.36 Å². The van der Waals surface area contributed by atoms with Crippen molar-refractivity contribution < 1.29 is 53.6 Å². The van der Waals surface area contributed by atoms with E-state index in [2.05, 4.69) is 11.1 Å². The highest BCUT2D eigenvalue weighted by Gasteiger charge is 2.56. The summed E-state index contributed by atoms with van der Waals surface area (Å²) in [4.78, 5) is 29.2. The van der Waals surface area contributed by atoms with Crippen molar-refractivity contribution in [3.05, 3.63) is 12.7 Å². The predicted molar refractivity (Wildman–Crippen MR) is 72.0 cm³/mol. The number of rotatable bonds is 8. The molecule has 0 aromatic rings. The maximum atomic E-state index is 11.5. The molecule has 23 heavy (non-hydrogen) atoms. The molecule has 0 bridgehead atoms. The van der Waals surface area contributed by atoms with Crippen LogP contribution in [-0.4, -0.2) is 79.6 Å². The number of aliphatic carboxylic acids is 1. The monoisotopic (exact) mass is 358 g/mol. The van der Waals surface area contributed by atoms with Gasteiger partial charge in [0.05, 0.1) is 13.2 Å². The molecule has 11 nitrogen and oxygen atoms in total. The first kappa shape index (κ1) is 20.2. The number of phosphoric acid groups is 1. The highest BCUT2D eigenvalue weighted by atomic mass is 31.2. The van der Waals surface area contributed by atoms with E-state index in [0.29, 0.717) is 0 Å². The van der Waals surface area contributed by atoms with Crippen molar-refractivity contribution in [3.8, 4) is 0 Å². The van der Waals surface area contributed by atoms with Gasteiger partial charge in [-0.3, -0.25) is 4.52 Å². The molecule has 5 atom stereocenters. The molecule has 0 amide bonds. The van der Waals surface area contributed by atoms with Crippen LogP contribution >= 0.6 is 7.82 Å². The number of ether oxygens (including phenoxy) is 2. The highest BCUT2D eigenvalue weighted by Crippen LogP contribution is 2.44. The molecular weight excluding hydrogens is 339 g/mol. The van der Waals surface area contributed by atoms with Gasteiger partial charge >= 0.3 is 13.8 Å². The number of carbonyl (C=O) groups is 1. The van der Waals surface area contributed by atoms with Gasteiger partial charge in [-0.2, -0.15) is 0 Å². The van der Waals surface area contributed by atoms with Gasteiger partial charge < -0.3 is 39.7 Å². The van der Waals surface area contributed by atoms with E-state index in [9.17, 15) is 24.7 Å². The Labute approximate surface area is 131 Å². The quantitative estimate of drug-likeness (QED) is 0.207. The average Bonchev–Trinajstić information content (AvgIpc) is 2.45. The largest absolute Gasteiger partial charge is 0.477 e. The molecule has 1 saturated heterocycles. The van der Waals surface area contributed by atoms with Crippen molar-refractivity contribution in [1.29, 1.82) is 0 Å². The van der Waals surface area contributed by atoms with Gasteiger partial charge in [0.15, 0.2) is 0 Å². The van der Waals surface area contributed by atoms with E-state index < -0.39 is 57.0 Å². The van der Waals surface area contributed by atoms with Gasteiger partial charge in [-0.15, -0.1) is 6.58 Å². The van der Waals surface area contributed by atoms with E-state index in [-0.39, 0.29) is 6.61 Å². The Hall–Kier alpha value is -0.880. The van der Waals surface area contributed by atoms with Crippen LogP contribution in [0.4, 0.5) is 0 Å². The SMILES string of the molecule is C=CCO[C@]1(C(=O)O)C[C@@H](OP(=O)(O)O)[C@@H](O)[C@@H]([C@H](O)CO)O1. The Kier molecular flexibility index (Phi) is 6.83. The van der Waals surface area contributed by atoms with Gasteiger partial charge in [-0.1, -0.05) is 6.08 Å². The summed E-state index contributed by atoms with van der Waals surface area (Å²) in [5.41, 5.74) is 0. The lowest BCUT2D eigenvalue weighted by Gasteiger charge is -2.44. The zero-order valence-electron chi connectivity index (χ0n) is 11.9. The predicted octanol–water partition coefficient (Wildman–Crippen LogP) is -2.05. The van der Waals surface area contributed by atoms with E-state index in [0.717, 1.165) is 0 Å². The first-order valence-corrected chi connectivity index (χ1v) is 7.96. The normalized spacial score (nSPS) is 33.2. The third kappa shape index (κ3) is 5.05. The zero-order valence-corrected chi connectivity index (χ0v) is 12.8. The molecule has 134 valence electrons. The van der Waals surface area contributed by atoms with Crippen LogP contribution in [0.1, 0.15) is 6.42 Å². The van der Waals surface area contributed by atoms with Crippen LogP contribution < -0.4 is 0 Å². The zero-order chi connectivity index (χ0) is 17.8. The standard InChI is InChI=1S/C11H19O11P/c1-2-3-20-11(10(15)16)4-7(22-23(17,18)19)8(14)9(21-11)6(13)5-12/h2,6-9,12-14H,1,3-5H2,(H,15,16)(H2,17,18,19)/t6-,7-,8-,9-,11-/m1/s1. The van der Waals surface area contributed by atoms with Crippen molar-refractivity contribution in [1.82, 2.24) is 0 Å². The molecule has 0 aliphatic carbocycles. The third-order valence-electron chi connectivity index (χ3n) is 3.11. The van der Waals surface area contributed by atoms with E-state index >= 15 is 0 Å². The summed E-state index contributed by atoms with van der Waals surface area (Å²) in [5, 5.41) is 38.0. The fourth-order valence-electron chi connectivity index (χ4n) is 2.11. The Balaban J connectivity index is 3.18. The minimum absolute atomic E-state index is 0.299. The van der Waals surface area contributed by atoms with Gasteiger partial charge in [0.1, 0.15) is 24.4 Å². The van der Waals surface area contributed by atoms with E-state index in [1.165, 1.54) is 6.08 Å². The Bertz CT molecular complexity index is 477. The van der Waals surface area contributed by atoms with E-state index in [1.807, 2.05) is 0 Å². The molecule has 1 rings (SSSR count). The lowest BCUT2D eigenvalue weighted by Crippen LogP contribution is -2.63. The Morgan fingerprint density at radius 3 is 2.57 bits per heavy atom. The maximum absolute atomic E-state index is 11.5. The van der Waals surface area contributed by atoms with Crippen LogP contribution in [-0.2, 0) is 23.4 Å². The molecule has 0 saturated carbocycles. The van der Waals surface area contributed by atoms with Gasteiger partial charge in [0, 0.05) is 6.42 Å². The summed E-state index contributed by atoms with van der Waals surface area (Å²) in [6.45, 7) is 2.13. The summed E-state index contributed by atoms with van der Waals surface area (Å²) in [7, 11) is -5.08. The molecule has 0 aromatic heterocycles. The Morgan fingerprint density at radius 1 is 1.52 bits per heavy atom. The van der Waals surface area contributed by atoms with Crippen LogP contribution in [0.2, 0.25) is 0 Å². The third-order valence-corrected chi connectivity index (χ3v) is 3.66. The van der Waals surface area contributed by atoms with Crippen molar-refractivity contribution in [2.24, 2.45) is 0 Å². The van der Waals surface area contributed by atoms with Crippen molar-refractivity contribution in [2.75, 3.05) is 13.2 Å². The average molecular weight is 358 g/mol. The fourth-order valence-corrected chi connectivity index (χ4v) is 2.66. The number of carboxylic acid groups (broad SMARTS) is 1. The lowest BCUT2D eigenvalue weighted by atomic mass is 9.92. The van der Waals surface area contributed by atoms with Crippen LogP contribution in [0.25, 0.3) is 0 Å². The van der Waals surface area contributed by atoms with E-state index in [1.54, 1.807) is 0 Å². The molecule has 1 aliphatic rings. The summed E-state index contributed by atoms with van der Waals surface area (Å²) in [6, 6.07) is 0. The molecule has 0 unspecified atom stereocenters.